The number of aromatic nitrogens is 1. The van der Waals surface area contributed by atoms with Crippen molar-refractivity contribution >= 4 is 45.0 Å². The molecule has 8 heteroatoms. The highest BCUT2D eigenvalue weighted by atomic mass is 32.2. The molecule has 1 fully saturated rings. The van der Waals surface area contributed by atoms with Crippen molar-refractivity contribution in [2.24, 2.45) is 4.99 Å². The summed E-state index contributed by atoms with van der Waals surface area (Å²) in [5.41, 5.74) is 0.881. The summed E-state index contributed by atoms with van der Waals surface area (Å²) in [5.74, 6) is 0.215. The maximum atomic E-state index is 12.1. The lowest BCUT2D eigenvalue weighted by Gasteiger charge is -2.29. The molecule has 0 aliphatic carbocycles. The van der Waals surface area contributed by atoms with E-state index in [9.17, 15) is 4.79 Å². The minimum Gasteiger partial charge on any atom is -0.378 e. The first-order valence-corrected chi connectivity index (χ1v) is 9.46. The van der Waals surface area contributed by atoms with Gasteiger partial charge in [-0.05, 0) is 12.1 Å². The van der Waals surface area contributed by atoms with Crippen LogP contribution in [0.2, 0.25) is 0 Å². The number of hydrogen-bond donors (Lipinski definition) is 1. The van der Waals surface area contributed by atoms with Crippen molar-refractivity contribution in [3.8, 4) is 0 Å². The average molecular weight is 362 g/mol. The van der Waals surface area contributed by atoms with Gasteiger partial charge < -0.3 is 15.0 Å². The van der Waals surface area contributed by atoms with Crippen molar-refractivity contribution in [1.82, 2.24) is 9.88 Å². The SMILES string of the molecule is O=C(CSC(=Nc1ccccc1)N1CCOCC1)Nc1nccs1. The van der Waals surface area contributed by atoms with Gasteiger partial charge in [-0.1, -0.05) is 30.0 Å². The van der Waals surface area contributed by atoms with Gasteiger partial charge in [-0.3, -0.25) is 4.79 Å². The van der Waals surface area contributed by atoms with Gasteiger partial charge >= 0.3 is 0 Å². The zero-order valence-corrected chi connectivity index (χ0v) is 14.7. The van der Waals surface area contributed by atoms with Crippen molar-refractivity contribution in [2.45, 2.75) is 0 Å². The number of thioether (sulfide) groups is 1. The van der Waals surface area contributed by atoms with Gasteiger partial charge in [-0.2, -0.15) is 0 Å². The lowest BCUT2D eigenvalue weighted by atomic mass is 10.3. The van der Waals surface area contributed by atoms with E-state index in [-0.39, 0.29) is 5.91 Å². The highest BCUT2D eigenvalue weighted by molar-refractivity contribution is 8.14. The second-order valence-corrected chi connectivity index (χ2v) is 6.84. The fourth-order valence-electron chi connectivity index (χ4n) is 2.13. The highest BCUT2D eigenvalue weighted by Crippen LogP contribution is 2.19. The zero-order chi connectivity index (χ0) is 16.6. The van der Waals surface area contributed by atoms with Crippen molar-refractivity contribution in [3.63, 3.8) is 0 Å². The van der Waals surface area contributed by atoms with E-state index in [1.807, 2.05) is 35.7 Å². The molecule has 1 aliphatic rings. The predicted molar refractivity (Wildman–Crippen MR) is 99.1 cm³/mol. The molecule has 2 aromatic rings. The van der Waals surface area contributed by atoms with Crippen LogP contribution in [0.3, 0.4) is 0 Å². The Kier molecular flexibility index (Phi) is 6.22. The number of benzene rings is 1. The summed E-state index contributed by atoms with van der Waals surface area (Å²) >= 11 is 2.84. The molecule has 0 saturated carbocycles. The normalized spacial score (nSPS) is 15.3. The number of anilines is 1. The van der Waals surface area contributed by atoms with Crippen LogP contribution in [0.15, 0.2) is 46.9 Å². The summed E-state index contributed by atoms with van der Waals surface area (Å²) in [6, 6.07) is 9.78. The molecule has 126 valence electrons. The molecule has 0 bridgehead atoms. The first-order valence-electron chi connectivity index (χ1n) is 7.60. The number of ether oxygens (including phenoxy) is 1. The molecule has 0 unspecified atom stereocenters. The number of rotatable bonds is 4. The number of amides is 1. The molecule has 0 atom stereocenters. The Morgan fingerprint density at radius 3 is 2.83 bits per heavy atom. The van der Waals surface area contributed by atoms with Crippen molar-refractivity contribution in [2.75, 3.05) is 37.4 Å². The molecule has 1 saturated heterocycles. The Morgan fingerprint density at radius 1 is 1.33 bits per heavy atom. The lowest BCUT2D eigenvalue weighted by Crippen LogP contribution is -2.39. The van der Waals surface area contributed by atoms with E-state index in [1.165, 1.54) is 23.1 Å². The van der Waals surface area contributed by atoms with Crippen LogP contribution < -0.4 is 5.32 Å². The third-order valence-electron chi connectivity index (χ3n) is 3.27. The molecule has 1 aliphatic heterocycles. The van der Waals surface area contributed by atoms with Gasteiger partial charge in [0.15, 0.2) is 10.3 Å². The summed E-state index contributed by atoms with van der Waals surface area (Å²) in [5, 5.41) is 6.09. The largest absolute Gasteiger partial charge is 0.378 e. The summed E-state index contributed by atoms with van der Waals surface area (Å²) in [7, 11) is 0. The molecule has 1 aromatic heterocycles. The average Bonchev–Trinajstić information content (AvgIpc) is 3.13. The van der Waals surface area contributed by atoms with Crippen molar-refractivity contribution < 1.29 is 9.53 Å². The Balaban J connectivity index is 1.65. The quantitative estimate of drug-likeness (QED) is 0.669. The Hall–Kier alpha value is -1.90. The fourth-order valence-corrected chi connectivity index (χ4v) is 3.55. The van der Waals surface area contributed by atoms with E-state index >= 15 is 0 Å². The van der Waals surface area contributed by atoms with E-state index in [0.717, 1.165) is 23.9 Å². The van der Waals surface area contributed by atoms with Crippen LogP contribution in [0.25, 0.3) is 0 Å². The molecule has 0 spiro atoms. The molecule has 1 amide bonds. The number of para-hydroxylation sites is 1. The Morgan fingerprint density at radius 2 is 2.12 bits per heavy atom. The maximum Gasteiger partial charge on any atom is 0.236 e. The van der Waals surface area contributed by atoms with Crippen molar-refractivity contribution in [3.05, 3.63) is 41.9 Å². The number of nitrogens with zero attached hydrogens (tertiary/aromatic N) is 3. The minimum atomic E-state index is -0.0797. The number of thiazole rings is 1. The maximum absolute atomic E-state index is 12.1. The monoisotopic (exact) mass is 362 g/mol. The summed E-state index contributed by atoms with van der Waals surface area (Å²) in [6.07, 6.45) is 1.67. The second kappa shape index (κ2) is 8.81. The third kappa shape index (κ3) is 5.05. The van der Waals surface area contributed by atoms with Gasteiger partial charge in [-0.15, -0.1) is 11.3 Å². The number of hydrogen-bond acceptors (Lipinski definition) is 6. The molecule has 6 nitrogen and oxygen atoms in total. The van der Waals surface area contributed by atoms with Crippen LogP contribution in [0.5, 0.6) is 0 Å². The number of nitrogens with one attached hydrogen (secondary N) is 1. The van der Waals surface area contributed by atoms with Gasteiger partial charge in [-0.25, -0.2) is 9.98 Å². The van der Waals surface area contributed by atoms with Gasteiger partial charge in [0.05, 0.1) is 24.7 Å². The smallest absolute Gasteiger partial charge is 0.236 e. The van der Waals surface area contributed by atoms with E-state index < -0.39 is 0 Å². The van der Waals surface area contributed by atoms with Crippen LogP contribution in [0.4, 0.5) is 10.8 Å². The van der Waals surface area contributed by atoms with Crippen LogP contribution in [0, 0.1) is 0 Å². The molecule has 3 rings (SSSR count). The van der Waals surface area contributed by atoms with Crippen LogP contribution in [-0.4, -0.2) is 53.0 Å². The van der Waals surface area contributed by atoms with Gasteiger partial charge in [0.2, 0.25) is 5.91 Å². The van der Waals surface area contributed by atoms with E-state index in [4.69, 9.17) is 9.73 Å². The molecule has 1 N–H and O–H groups in total. The van der Waals surface area contributed by atoms with Gasteiger partial charge in [0.1, 0.15) is 0 Å². The summed E-state index contributed by atoms with van der Waals surface area (Å²) < 4.78 is 5.40. The topological polar surface area (TPSA) is 66.8 Å². The predicted octanol–water partition coefficient (Wildman–Crippen LogP) is 2.83. The minimum absolute atomic E-state index is 0.0797. The zero-order valence-electron chi connectivity index (χ0n) is 13.1. The molecule has 0 radical (unpaired) electrons. The lowest BCUT2D eigenvalue weighted by molar-refractivity contribution is -0.113. The number of carbonyl (C=O) groups excluding carboxylic acids is 1. The summed E-state index contributed by atoms with van der Waals surface area (Å²) in [6.45, 7) is 2.93. The Labute approximate surface area is 149 Å². The summed E-state index contributed by atoms with van der Waals surface area (Å²) in [4.78, 5) is 23.0. The van der Waals surface area contributed by atoms with Crippen LogP contribution in [-0.2, 0) is 9.53 Å². The second-order valence-electron chi connectivity index (χ2n) is 5.00. The number of amidine groups is 1. The van der Waals surface area contributed by atoms with Gasteiger partial charge in [0.25, 0.3) is 0 Å². The Bertz CT molecular complexity index is 671. The fraction of sp³-hybridized carbons (Fsp3) is 0.312. The first kappa shape index (κ1) is 16.9. The van der Waals surface area contributed by atoms with E-state index in [2.05, 4.69) is 15.2 Å². The highest BCUT2D eigenvalue weighted by Gasteiger charge is 2.17. The van der Waals surface area contributed by atoms with E-state index in [0.29, 0.717) is 24.1 Å². The first-order chi connectivity index (χ1) is 11.8. The number of morpholine rings is 1. The third-order valence-corrected chi connectivity index (χ3v) is 4.98. The van der Waals surface area contributed by atoms with Crippen LogP contribution in [0.1, 0.15) is 0 Å². The molecular weight excluding hydrogens is 344 g/mol. The van der Waals surface area contributed by atoms with Gasteiger partial charge in [0, 0.05) is 24.7 Å². The number of aliphatic imine (C=N–C) groups is 1. The van der Waals surface area contributed by atoms with E-state index in [1.54, 1.807) is 6.20 Å². The van der Waals surface area contributed by atoms with Crippen LogP contribution >= 0.6 is 23.1 Å². The number of carbonyl (C=O) groups is 1. The molecule has 2 heterocycles. The molecule has 24 heavy (non-hydrogen) atoms. The molecular formula is C16H18N4O2S2. The standard InChI is InChI=1S/C16H18N4O2S2/c21-14(19-15-17-6-11-23-15)12-24-16(20-7-9-22-10-8-20)18-13-4-2-1-3-5-13/h1-6,11H,7-10,12H2,(H,17,19,21). The van der Waals surface area contributed by atoms with Crippen molar-refractivity contribution in [1.29, 1.82) is 0 Å². The molecule has 1 aromatic carbocycles.